The van der Waals surface area contributed by atoms with E-state index in [1.165, 1.54) is 11.3 Å². The molecule has 0 aromatic carbocycles. The second-order valence-corrected chi connectivity index (χ2v) is 3.49. The maximum Gasteiger partial charge on any atom is 0.0862 e. The molecule has 1 aliphatic heterocycles. The van der Waals surface area contributed by atoms with Crippen LogP contribution in [0.1, 0.15) is 27.2 Å². The molecule has 1 heterocycles. The van der Waals surface area contributed by atoms with E-state index in [4.69, 9.17) is 4.74 Å². The van der Waals surface area contributed by atoms with E-state index < -0.39 is 0 Å². The van der Waals surface area contributed by atoms with Crippen molar-refractivity contribution in [2.24, 2.45) is 5.92 Å². The monoisotopic (exact) mass is 169 g/mol. The zero-order chi connectivity index (χ0) is 8.97. The number of nitrogens with one attached hydrogen (secondary N) is 1. The molecule has 0 aromatic rings. The maximum atomic E-state index is 5.39. The highest BCUT2D eigenvalue weighted by atomic mass is 16.5. The van der Waals surface area contributed by atoms with E-state index >= 15 is 0 Å². The van der Waals surface area contributed by atoms with E-state index in [-0.39, 0.29) is 0 Å². The summed E-state index contributed by atoms with van der Waals surface area (Å²) in [6.45, 7) is 9.27. The number of hydrogen-bond donors (Lipinski definition) is 1. The first-order valence-corrected chi connectivity index (χ1v) is 4.79. The first-order chi connectivity index (χ1) is 5.75. The third kappa shape index (κ3) is 2.24. The number of morpholine rings is 1. The summed E-state index contributed by atoms with van der Waals surface area (Å²) in [6, 6.07) is 0. The van der Waals surface area contributed by atoms with Gasteiger partial charge in [0, 0.05) is 12.2 Å². The molecule has 1 N–H and O–H groups in total. The highest BCUT2D eigenvalue weighted by Crippen LogP contribution is 2.18. The smallest absolute Gasteiger partial charge is 0.0862 e. The molecule has 1 fully saturated rings. The predicted molar refractivity (Wildman–Crippen MR) is 51.0 cm³/mol. The van der Waals surface area contributed by atoms with Gasteiger partial charge >= 0.3 is 0 Å². The molecule has 2 heteroatoms. The van der Waals surface area contributed by atoms with E-state index in [2.05, 4.69) is 26.1 Å². The fourth-order valence-electron chi connectivity index (χ4n) is 1.68. The molecule has 1 aliphatic rings. The van der Waals surface area contributed by atoms with Gasteiger partial charge in [0.25, 0.3) is 0 Å². The first kappa shape index (κ1) is 9.59. The molecule has 0 atom stereocenters. The molecule has 12 heavy (non-hydrogen) atoms. The average Bonchev–Trinajstić information content (AvgIpc) is 2.07. The van der Waals surface area contributed by atoms with Crippen LogP contribution in [0, 0.1) is 5.92 Å². The lowest BCUT2D eigenvalue weighted by molar-refractivity contribution is 0.130. The number of rotatable bonds is 2. The summed E-state index contributed by atoms with van der Waals surface area (Å²) in [4.78, 5) is 0. The summed E-state index contributed by atoms with van der Waals surface area (Å²) < 4.78 is 5.39. The highest BCUT2D eigenvalue weighted by molar-refractivity contribution is 5.15. The molecule has 0 saturated carbocycles. The third-order valence-corrected chi connectivity index (χ3v) is 2.30. The van der Waals surface area contributed by atoms with Crippen molar-refractivity contribution in [2.75, 3.05) is 19.8 Å². The lowest BCUT2D eigenvalue weighted by Crippen LogP contribution is -2.30. The SMILES string of the molecule is CC/C(=C1/COCCN1)C(C)C. The van der Waals surface area contributed by atoms with Crippen LogP contribution in [0.2, 0.25) is 0 Å². The predicted octanol–water partition coefficient (Wildman–Crippen LogP) is 1.93. The van der Waals surface area contributed by atoms with Gasteiger partial charge in [-0.1, -0.05) is 20.8 Å². The lowest BCUT2D eigenvalue weighted by atomic mass is 9.98. The van der Waals surface area contributed by atoms with Crippen LogP contribution in [0.15, 0.2) is 11.3 Å². The zero-order valence-corrected chi connectivity index (χ0v) is 8.31. The standard InChI is InChI=1S/C10H19NO/c1-4-9(8(2)3)10-7-12-6-5-11-10/h8,11H,4-7H2,1-3H3/b10-9+. The summed E-state index contributed by atoms with van der Waals surface area (Å²) in [7, 11) is 0. The molecule has 0 bridgehead atoms. The molecule has 0 aliphatic carbocycles. The lowest BCUT2D eigenvalue weighted by Gasteiger charge is -2.23. The van der Waals surface area contributed by atoms with Gasteiger partial charge in [0.05, 0.1) is 13.2 Å². The van der Waals surface area contributed by atoms with E-state index in [1.54, 1.807) is 0 Å². The van der Waals surface area contributed by atoms with Gasteiger partial charge in [-0.25, -0.2) is 0 Å². The van der Waals surface area contributed by atoms with Gasteiger partial charge in [-0.05, 0) is 17.9 Å². The Morgan fingerprint density at radius 3 is 2.75 bits per heavy atom. The molecule has 0 aromatic heterocycles. The van der Waals surface area contributed by atoms with Crippen molar-refractivity contribution in [1.29, 1.82) is 0 Å². The fourth-order valence-corrected chi connectivity index (χ4v) is 1.68. The van der Waals surface area contributed by atoms with Crippen LogP contribution in [0.4, 0.5) is 0 Å². The van der Waals surface area contributed by atoms with E-state index in [0.717, 1.165) is 26.2 Å². The van der Waals surface area contributed by atoms with Crippen LogP contribution in [-0.4, -0.2) is 19.8 Å². The second kappa shape index (κ2) is 4.51. The van der Waals surface area contributed by atoms with Crippen molar-refractivity contribution in [3.05, 3.63) is 11.3 Å². The molecule has 1 saturated heterocycles. The van der Waals surface area contributed by atoms with E-state index in [0.29, 0.717) is 5.92 Å². The summed E-state index contributed by atoms with van der Waals surface area (Å²) in [5, 5.41) is 3.41. The van der Waals surface area contributed by atoms with Gasteiger partial charge in [-0.3, -0.25) is 0 Å². The third-order valence-electron chi connectivity index (χ3n) is 2.30. The van der Waals surface area contributed by atoms with Crippen LogP contribution in [-0.2, 0) is 4.74 Å². The van der Waals surface area contributed by atoms with Crippen molar-refractivity contribution in [3.8, 4) is 0 Å². The van der Waals surface area contributed by atoms with Gasteiger partial charge in [0.15, 0.2) is 0 Å². The van der Waals surface area contributed by atoms with Gasteiger partial charge in [-0.2, -0.15) is 0 Å². The van der Waals surface area contributed by atoms with Gasteiger partial charge in [0.2, 0.25) is 0 Å². The Labute approximate surface area is 75.0 Å². The molecule has 0 spiro atoms. The van der Waals surface area contributed by atoms with Gasteiger partial charge in [-0.15, -0.1) is 0 Å². The van der Waals surface area contributed by atoms with Gasteiger partial charge in [0.1, 0.15) is 0 Å². The van der Waals surface area contributed by atoms with Crippen LogP contribution in [0.5, 0.6) is 0 Å². The normalized spacial score (nSPS) is 22.3. The minimum absolute atomic E-state index is 0.638. The Kier molecular flexibility index (Phi) is 3.60. The van der Waals surface area contributed by atoms with Crippen molar-refractivity contribution >= 4 is 0 Å². The second-order valence-electron chi connectivity index (χ2n) is 3.49. The maximum absolute atomic E-state index is 5.39. The van der Waals surface area contributed by atoms with E-state index in [1.807, 2.05) is 0 Å². The Morgan fingerprint density at radius 2 is 2.33 bits per heavy atom. The fraction of sp³-hybridized carbons (Fsp3) is 0.800. The van der Waals surface area contributed by atoms with Crippen LogP contribution in [0.25, 0.3) is 0 Å². The van der Waals surface area contributed by atoms with Crippen molar-refractivity contribution in [2.45, 2.75) is 27.2 Å². The molecule has 1 rings (SSSR count). The molecule has 2 nitrogen and oxygen atoms in total. The van der Waals surface area contributed by atoms with Crippen molar-refractivity contribution < 1.29 is 4.74 Å². The minimum atomic E-state index is 0.638. The topological polar surface area (TPSA) is 21.3 Å². The van der Waals surface area contributed by atoms with Crippen molar-refractivity contribution in [1.82, 2.24) is 5.32 Å². The molecular formula is C10H19NO. The van der Waals surface area contributed by atoms with Crippen LogP contribution >= 0.6 is 0 Å². The summed E-state index contributed by atoms with van der Waals surface area (Å²) in [5.74, 6) is 0.638. The molecule has 0 unspecified atom stereocenters. The molecule has 70 valence electrons. The van der Waals surface area contributed by atoms with E-state index in [9.17, 15) is 0 Å². The first-order valence-electron chi connectivity index (χ1n) is 4.79. The minimum Gasteiger partial charge on any atom is -0.384 e. The summed E-state index contributed by atoms with van der Waals surface area (Å²) in [6.07, 6.45) is 1.13. The molecule has 0 amide bonds. The Bertz CT molecular complexity index is 165. The van der Waals surface area contributed by atoms with Crippen LogP contribution in [0.3, 0.4) is 0 Å². The zero-order valence-electron chi connectivity index (χ0n) is 8.31. The molecule has 0 radical (unpaired) electrons. The number of hydrogen-bond acceptors (Lipinski definition) is 2. The average molecular weight is 169 g/mol. The Morgan fingerprint density at radius 1 is 1.58 bits per heavy atom. The van der Waals surface area contributed by atoms with Crippen LogP contribution < -0.4 is 5.32 Å². The quantitative estimate of drug-likeness (QED) is 0.682. The largest absolute Gasteiger partial charge is 0.384 e. The van der Waals surface area contributed by atoms with Gasteiger partial charge < -0.3 is 10.1 Å². The summed E-state index contributed by atoms with van der Waals surface area (Å²) >= 11 is 0. The number of ether oxygens (including phenoxy) is 1. The Balaban J connectivity index is 2.68. The summed E-state index contributed by atoms with van der Waals surface area (Å²) in [5.41, 5.74) is 2.83. The molecular weight excluding hydrogens is 150 g/mol. The highest BCUT2D eigenvalue weighted by Gasteiger charge is 2.11. The van der Waals surface area contributed by atoms with Crippen molar-refractivity contribution in [3.63, 3.8) is 0 Å². The Hall–Kier alpha value is -0.500. The number of allylic oxidation sites excluding steroid dienone is 1.